The van der Waals surface area contributed by atoms with Gasteiger partial charge in [-0.15, -0.1) is 0 Å². The van der Waals surface area contributed by atoms with Gasteiger partial charge < -0.3 is 15.3 Å². The Morgan fingerprint density at radius 2 is 1.75 bits per heavy atom. The van der Waals surface area contributed by atoms with Crippen LogP contribution in [-0.4, -0.2) is 21.9 Å². The Morgan fingerprint density at radius 1 is 1.08 bits per heavy atom. The van der Waals surface area contributed by atoms with Crippen molar-refractivity contribution in [2.45, 2.75) is 71.6 Å². The summed E-state index contributed by atoms with van der Waals surface area (Å²) in [6, 6.07) is 3.68. The van der Waals surface area contributed by atoms with Gasteiger partial charge in [0.1, 0.15) is 11.5 Å². The van der Waals surface area contributed by atoms with Crippen molar-refractivity contribution in [3.8, 4) is 11.5 Å². The number of hydrogen-bond donors (Lipinski definition) is 3. The number of rotatable bonds is 7. The van der Waals surface area contributed by atoms with Gasteiger partial charge in [-0.25, -0.2) is 0 Å². The maximum Gasteiger partial charge on any atom is 0.123 e. The SMILES string of the molecule is CCCCCc1cc(O)c([C@@H]2C[C@@H](CO)CC[C@H]2C(C)C)c(O)c1. The first-order valence-corrected chi connectivity index (χ1v) is 9.63. The molecular weight excluding hydrogens is 300 g/mol. The number of aliphatic hydroxyl groups excluding tert-OH is 1. The first-order chi connectivity index (χ1) is 11.5. The molecule has 1 aliphatic carbocycles. The van der Waals surface area contributed by atoms with Crippen LogP contribution in [0.4, 0.5) is 0 Å². The third kappa shape index (κ3) is 4.44. The minimum absolute atomic E-state index is 0.126. The molecule has 0 saturated heterocycles. The zero-order chi connectivity index (χ0) is 17.7. The molecule has 1 aromatic carbocycles. The van der Waals surface area contributed by atoms with Gasteiger partial charge in [-0.05, 0) is 73.5 Å². The summed E-state index contributed by atoms with van der Waals surface area (Å²) in [5, 5.41) is 30.8. The van der Waals surface area contributed by atoms with Crippen molar-refractivity contribution >= 4 is 0 Å². The number of phenols is 2. The van der Waals surface area contributed by atoms with E-state index in [-0.39, 0.29) is 29.9 Å². The lowest BCUT2D eigenvalue weighted by atomic mass is 9.67. The molecule has 0 aliphatic heterocycles. The average molecular weight is 334 g/mol. The lowest BCUT2D eigenvalue weighted by Crippen LogP contribution is -2.28. The molecule has 1 aromatic rings. The molecule has 3 N–H and O–H groups in total. The maximum absolute atomic E-state index is 10.6. The van der Waals surface area contributed by atoms with Gasteiger partial charge in [0.2, 0.25) is 0 Å². The van der Waals surface area contributed by atoms with Crippen LogP contribution in [-0.2, 0) is 6.42 Å². The van der Waals surface area contributed by atoms with Crippen LogP contribution in [0.3, 0.4) is 0 Å². The van der Waals surface area contributed by atoms with Crippen LogP contribution in [0.25, 0.3) is 0 Å². The molecule has 3 atom stereocenters. The van der Waals surface area contributed by atoms with E-state index in [1.54, 1.807) is 0 Å². The Balaban J connectivity index is 2.27. The molecule has 0 spiro atoms. The fourth-order valence-electron chi connectivity index (χ4n) is 4.36. The molecule has 2 rings (SSSR count). The molecule has 24 heavy (non-hydrogen) atoms. The van der Waals surface area contributed by atoms with Crippen molar-refractivity contribution in [3.63, 3.8) is 0 Å². The average Bonchev–Trinajstić information content (AvgIpc) is 2.54. The van der Waals surface area contributed by atoms with Crippen molar-refractivity contribution in [2.75, 3.05) is 6.61 Å². The molecule has 3 nitrogen and oxygen atoms in total. The van der Waals surface area contributed by atoms with Crippen molar-refractivity contribution < 1.29 is 15.3 Å². The highest BCUT2D eigenvalue weighted by molar-refractivity contribution is 5.49. The highest BCUT2D eigenvalue weighted by Gasteiger charge is 2.36. The van der Waals surface area contributed by atoms with Gasteiger partial charge in [0.05, 0.1) is 0 Å². The number of benzene rings is 1. The summed E-state index contributed by atoms with van der Waals surface area (Å²) < 4.78 is 0. The summed E-state index contributed by atoms with van der Waals surface area (Å²) in [6.45, 7) is 6.79. The van der Waals surface area contributed by atoms with Crippen LogP contribution in [0.15, 0.2) is 12.1 Å². The van der Waals surface area contributed by atoms with Crippen LogP contribution in [0.1, 0.15) is 76.3 Å². The Morgan fingerprint density at radius 3 is 2.29 bits per heavy atom. The summed E-state index contributed by atoms with van der Waals surface area (Å²) in [6.07, 6.45) is 7.23. The first-order valence-electron chi connectivity index (χ1n) is 9.63. The van der Waals surface area contributed by atoms with Gasteiger partial charge >= 0.3 is 0 Å². The van der Waals surface area contributed by atoms with E-state index in [1.807, 2.05) is 12.1 Å². The third-order valence-electron chi connectivity index (χ3n) is 5.76. The van der Waals surface area contributed by atoms with Crippen molar-refractivity contribution in [2.24, 2.45) is 17.8 Å². The van der Waals surface area contributed by atoms with E-state index in [1.165, 1.54) is 6.42 Å². The zero-order valence-electron chi connectivity index (χ0n) is 15.5. The topological polar surface area (TPSA) is 60.7 Å². The number of unbranched alkanes of at least 4 members (excludes halogenated alkanes) is 2. The Kier molecular flexibility index (Phi) is 6.97. The molecule has 136 valence electrons. The highest BCUT2D eigenvalue weighted by Crippen LogP contribution is 2.49. The summed E-state index contributed by atoms with van der Waals surface area (Å²) >= 11 is 0. The van der Waals surface area contributed by atoms with E-state index in [2.05, 4.69) is 20.8 Å². The molecule has 1 fully saturated rings. The maximum atomic E-state index is 10.6. The Bertz CT molecular complexity index is 501. The summed E-state index contributed by atoms with van der Waals surface area (Å²) in [4.78, 5) is 0. The van der Waals surface area contributed by atoms with Gasteiger partial charge in [0.15, 0.2) is 0 Å². The van der Waals surface area contributed by atoms with E-state index >= 15 is 0 Å². The molecular formula is C21H34O3. The van der Waals surface area contributed by atoms with Gasteiger partial charge in [-0.2, -0.15) is 0 Å². The largest absolute Gasteiger partial charge is 0.508 e. The summed E-state index contributed by atoms with van der Waals surface area (Å²) in [7, 11) is 0. The molecule has 0 bridgehead atoms. The van der Waals surface area contributed by atoms with Crippen LogP contribution >= 0.6 is 0 Å². The van der Waals surface area contributed by atoms with E-state index in [4.69, 9.17) is 0 Å². The second-order valence-corrected chi connectivity index (χ2v) is 7.88. The van der Waals surface area contributed by atoms with Crippen molar-refractivity contribution in [3.05, 3.63) is 23.3 Å². The zero-order valence-corrected chi connectivity index (χ0v) is 15.5. The van der Waals surface area contributed by atoms with Gasteiger partial charge in [-0.1, -0.05) is 33.6 Å². The van der Waals surface area contributed by atoms with Gasteiger partial charge in [0.25, 0.3) is 0 Å². The van der Waals surface area contributed by atoms with Crippen LogP contribution in [0, 0.1) is 17.8 Å². The van der Waals surface area contributed by atoms with E-state index in [0.29, 0.717) is 17.4 Å². The lowest BCUT2D eigenvalue weighted by Gasteiger charge is -2.38. The standard InChI is InChI=1S/C21H34O3/c1-4-5-6-7-15-11-19(23)21(20(24)12-15)18-10-16(13-22)8-9-17(18)14(2)3/h11-12,14,16-18,22-24H,4-10,13H2,1-3H3/t16-,17-,18+/m0/s1. The second kappa shape index (κ2) is 8.75. The monoisotopic (exact) mass is 334 g/mol. The van der Waals surface area contributed by atoms with Gasteiger partial charge in [-0.3, -0.25) is 0 Å². The molecule has 3 heteroatoms. The molecule has 0 aromatic heterocycles. The number of aromatic hydroxyl groups is 2. The van der Waals surface area contributed by atoms with E-state index in [9.17, 15) is 15.3 Å². The Hall–Kier alpha value is -1.22. The van der Waals surface area contributed by atoms with E-state index in [0.717, 1.165) is 44.1 Å². The quantitative estimate of drug-likeness (QED) is 0.616. The van der Waals surface area contributed by atoms with Crippen LogP contribution < -0.4 is 0 Å². The predicted octanol–water partition coefficient (Wildman–Crippen LogP) is 4.98. The Labute approximate surface area is 146 Å². The normalized spacial score (nSPS) is 24.5. The predicted molar refractivity (Wildman–Crippen MR) is 98.5 cm³/mol. The number of phenolic OH excluding ortho intramolecular Hbond substituents is 2. The molecule has 1 saturated carbocycles. The fraction of sp³-hybridized carbons (Fsp3) is 0.714. The molecule has 0 amide bonds. The smallest absolute Gasteiger partial charge is 0.123 e. The lowest BCUT2D eigenvalue weighted by molar-refractivity contribution is 0.128. The van der Waals surface area contributed by atoms with Crippen LogP contribution in [0.5, 0.6) is 11.5 Å². The minimum Gasteiger partial charge on any atom is -0.508 e. The molecule has 0 radical (unpaired) electrons. The molecule has 0 unspecified atom stereocenters. The van der Waals surface area contributed by atoms with Crippen LogP contribution in [0.2, 0.25) is 0 Å². The second-order valence-electron chi connectivity index (χ2n) is 7.88. The molecule has 0 heterocycles. The summed E-state index contributed by atoms with van der Waals surface area (Å²) in [5.74, 6) is 1.80. The number of hydrogen-bond acceptors (Lipinski definition) is 3. The first kappa shape index (κ1) is 19.1. The number of aryl methyl sites for hydroxylation is 1. The van der Waals surface area contributed by atoms with Gasteiger partial charge in [0, 0.05) is 12.2 Å². The fourth-order valence-corrected chi connectivity index (χ4v) is 4.36. The highest BCUT2D eigenvalue weighted by atomic mass is 16.3. The minimum atomic E-state index is 0.126. The number of aliphatic hydroxyl groups is 1. The third-order valence-corrected chi connectivity index (χ3v) is 5.76. The molecule has 1 aliphatic rings. The van der Waals surface area contributed by atoms with E-state index < -0.39 is 0 Å². The van der Waals surface area contributed by atoms with Crippen molar-refractivity contribution in [1.29, 1.82) is 0 Å². The summed E-state index contributed by atoms with van der Waals surface area (Å²) in [5.41, 5.74) is 1.71. The van der Waals surface area contributed by atoms with Crippen molar-refractivity contribution in [1.82, 2.24) is 0 Å².